The second-order valence-corrected chi connectivity index (χ2v) is 12.5. The Labute approximate surface area is 260 Å². The topological polar surface area (TPSA) is 86.8 Å². The summed E-state index contributed by atoms with van der Waals surface area (Å²) in [5, 5.41) is 3.17. The minimum absolute atomic E-state index is 0.101. The van der Waals surface area contributed by atoms with Crippen LogP contribution in [0, 0.1) is 12.7 Å². The maximum Gasteiger partial charge on any atom is 0.264 e. The predicted molar refractivity (Wildman–Crippen MR) is 167 cm³/mol. The van der Waals surface area contributed by atoms with Gasteiger partial charge in [-0.2, -0.15) is 0 Å². The molecule has 4 aromatic carbocycles. The van der Waals surface area contributed by atoms with E-state index in [-0.39, 0.29) is 28.6 Å². The summed E-state index contributed by atoms with van der Waals surface area (Å²) < 4.78 is 43.7. The van der Waals surface area contributed by atoms with Crippen molar-refractivity contribution in [1.29, 1.82) is 0 Å². The molecule has 7 nitrogen and oxygen atoms in total. The molecule has 0 radical (unpaired) electrons. The third-order valence-corrected chi connectivity index (χ3v) is 9.38. The van der Waals surface area contributed by atoms with Gasteiger partial charge in [0.1, 0.15) is 18.4 Å². The lowest BCUT2D eigenvalue weighted by molar-refractivity contribution is -0.139. The Hall–Kier alpha value is -3.92. The normalized spacial score (nSPS) is 11.9. The van der Waals surface area contributed by atoms with Crippen molar-refractivity contribution < 1.29 is 22.4 Å². The lowest BCUT2D eigenvalue weighted by Gasteiger charge is -2.33. The number of anilines is 1. The van der Waals surface area contributed by atoms with E-state index in [9.17, 15) is 18.0 Å². The first-order chi connectivity index (χ1) is 20.5. The number of sulfonamides is 1. The SMILES string of the molecule is CNC(=O)C(Cc1ccccc1)N(Cc1ccc(Cl)c(Cl)c1)C(=O)CN(c1ccccc1F)S(=O)(=O)c1ccc(C)cc1. The molecule has 1 N–H and O–H groups in total. The molecule has 11 heteroatoms. The predicted octanol–water partition coefficient (Wildman–Crippen LogP) is 6.02. The Morgan fingerprint density at radius 3 is 2.14 bits per heavy atom. The average molecular weight is 643 g/mol. The highest BCUT2D eigenvalue weighted by molar-refractivity contribution is 7.92. The van der Waals surface area contributed by atoms with Crippen LogP contribution in [0.4, 0.5) is 10.1 Å². The van der Waals surface area contributed by atoms with Crippen molar-refractivity contribution in [2.24, 2.45) is 0 Å². The van der Waals surface area contributed by atoms with Gasteiger partial charge in [-0.15, -0.1) is 0 Å². The number of nitrogens with one attached hydrogen (secondary N) is 1. The summed E-state index contributed by atoms with van der Waals surface area (Å²) in [6.45, 7) is 0.929. The molecule has 0 fully saturated rings. The number of nitrogens with zero attached hydrogens (tertiary/aromatic N) is 2. The molecule has 0 aliphatic rings. The number of halogens is 3. The summed E-state index contributed by atoms with van der Waals surface area (Å²) in [6.07, 6.45) is 0.137. The van der Waals surface area contributed by atoms with Crippen LogP contribution in [0.2, 0.25) is 10.0 Å². The van der Waals surface area contributed by atoms with Crippen LogP contribution in [0.5, 0.6) is 0 Å². The third-order valence-electron chi connectivity index (χ3n) is 6.86. The van der Waals surface area contributed by atoms with Crippen LogP contribution < -0.4 is 9.62 Å². The Balaban J connectivity index is 1.81. The molecule has 0 spiro atoms. The molecule has 1 unspecified atom stereocenters. The number of rotatable bonds is 11. The molecule has 0 saturated carbocycles. The Kier molecular flexibility index (Phi) is 10.4. The molecular weight excluding hydrogens is 612 g/mol. The van der Waals surface area contributed by atoms with E-state index in [1.54, 1.807) is 37.3 Å². The molecule has 1 atom stereocenters. The summed E-state index contributed by atoms with van der Waals surface area (Å²) in [5.41, 5.74) is 1.87. The van der Waals surface area contributed by atoms with E-state index >= 15 is 4.39 Å². The van der Waals surface area contributed by atoms with Crippen molar-refractivity contribution in [2.75, 3.05) is 17.9 Å². The molecule has 4 aromatic rings. The van der Waals surface area contributed by atoms with E-state index in [0.29, 0.717) is 10.6 Å². The number of para-hydroxylation sites is 1. The lowest BCUT2D eigenvalue weighted by atomic mass is 10.0. The van der Waals surface area contributed by atoms with Crippen LogP contribution in [-0.4, -0.2) is 44.8 Å². The second-order valence-electron chi connectivity index (χ2n) is 9.87. The number of aryl methyl sites for hydroxylation is 1. The van der Waals surface area contributed by atoms with E-state index in [1.165, 1.54) is 42.3 Å². The third kappa shape index (κ3) is 7.73. The van der Waals surface area contributed by atoms with Gasteiger partial charge in [-0.25, -0.2) is 12.8 Å². The molecule has 0 saturated heterocycles. The highest BCUT2D eigenvalue weighted by atomic mass is 35.5. The van der Waals surface area contributed by atoms with Gasteiger partial charge in [0.25, 0.3) is 10.0 Å². The largest absolute Gasteiger partial charge is 0.357 e. The minimum atomic E-state index is -4.41. The van der Waals surface area contributed by atoms with Gasteiger partial charge in [0.15, 0.2) is 0 Å². The first-order valence-electron chi connectivity index (χ1n) is 13.3. The lowest BCUT2D eigenvalue weighted by Crippen LogP contribution is -2.53. The molecule has 2 amide bonds. The monoisotopic (exact) mass is 641 g/mol. The van der Waals surface area contributed by atoms with Gasteiger partial charge in [-0.3, -0.25) is 13.9 Å². The zero-order valence-electron chi connectivity index (χ0n) is 23.5. The standard InChI is InChI=1S/C32H30Cl2FN3O4S/c1-22-12-15-25(16-13-22)43(41,42)38(29-11-7-6-10-28(29)35)21-31(39)37(20-24-14-17-26(33)27(34)18-24)30(32(40)36-2)19-23-8-4-3-5-9-23/h3-18,30H,19-21H2,1-2H3,(H,36,40). The molecule has 0 aromatic heterocycles. The highest BCUT2D eigenvalue weighted by Crippen LogP contribution is 2.28. The second kappa shape index (κ2) is 14.0. The summed E-state index contributed by atoms with van der Waals surface area (Å²) in [5.74, 6) is -2.01. The molecule has 0 heterocycles. The van der Waals surface area contributed by atoms with Crippen molar-refractivity contribution >= 4 is 50.7 Å². The van der Waals surface area contributed by atoms with Gasteiger partial charge in [-0.05, 0) is 54.4 Å². The van der Waals surface area contributed by atoms with Crippen LogP contribution >= 0.6 is 23.2 Å². The number of hydrogen-bond donors (Lipinski definition) is 1. The molecule has 0 aliphatic heterocycles. The number of benzene rings is 4. The fourth-order valence-corrected chi connectivity index (χ4v) is 6.30. The van der Waals surface area contributed by atoms with Crippen molar-refractivity contribution in [1.82, 2.24) is 10.2 Å². The van der Waals surface area contributed by atoms with Gasteiger partial charge >= 0.3 is 0 Å². The Morgan fingerprint density at radius 1 is 0.860 bits per heavy atom. The van der Waals surface area contributed by atoms with Crippen molar-refractivity contribution in [3.63, 3.8) is 0 Å². The van der Waals surface area contributed by atoms with Gasteiger partial charge in [0, 0.05) is 20.0 Å². The maximum absolute atomic E-state index is 15.1. The zero-order chi connectivity index (χ0) is 31.1. The van der Waals surface area contributed by atoms with Crippen LogP contribution in [0.3, 0.4) is 0 Å². The number of amides is 2. The van der Waals surface area contributed by atoms with Crippen LogP contribution in [0.25, 0.3) is 0 Å². The highest BCUT2D eigenvalue weighted by Gasteiger charge is 2.35. The van der Waals surface area contributed by atoms with E-state index in [4.69, 9.17) is 23.2 Å². The van der Waals surface area contributed by atoms with Gasteiger partial charge < -0.3 is 10.2 Å². The molecule has 0 aliphatic carbocycles. The molecule has 224 valence electrons. The molecular formula is C32H30Cl2FN3O4S. The number of carbonyl (C=O) groups excluding carboxylic acids is 2. The van der Waals surface area contributed by atoms with Crippen molar-refractivity contribution in [3.8, 4) is 0 Å². The van der Waals surface area contributed by atoms with Crippen LogP contribution in [0.15, 0.2) is 102 Å². The molecule has 43 heavy (non-hydrogen) atoms. The van der Waals surface area contributed by atoms with Crippen molar-refractivity contribution in [3.05, 3.63) is 130 Å². The van der Waals surface area contributed by atoms with Crippen molar-refractivity contribution in [2.45, 2.75) is 30.8 Å². The van der Waals surface area contributed by atoms with Gasteiger partial charge in [0.05, 0.1) is 20.6 Å². The Morgan fingerprint density at radius 2 is 1.51 bits per heavy atom. The average Bonchev–Trinajstić information content (AvgIpc) is 3.00. The molecule has 4 rings (SSSR count). The Bertz CT molecular complexity index is 1700. The van der Waals surface area contributed by atoms with E-state index < -0.39 is 40.2 Å². The summed E-state index contributed by atoms with van der Waals surface area (Å²) in [6, 6.07) is 24.2. The smallest absolute Gasteiger partial charge is 0.264 e. The van der Waals surface area contributed by atoms with E-state index in [1.807, 2.05) is 30.3 Å². The number of hydrogen-bond acceptors (Lipinski definition) is 4. The fraction of sp³-hybridized carbons (Fsp3) is 0.188. The quantitative estimate of drug-likeness (QED) is 0.217. The van der Waals surface area contributed by atoms with Gasteiger partial charge in [0.2, 0.25) is 11.8 Å². The first-order valence-corrected chi connectivity index (χ1v) is 15.5. The van der Waals surface area contributed by atoms with E-state index in [2.05, 4.69) is 5.32 Å². The summed E-state index contributed by atoms with van der Waals surface area (Å²) in [7, 11) is -2.96. The van der Waals surface area contributed by atoms with Gasteiger partial charge in [-0.1, -0.05) is 89.4 Å². The summed E-state index contributed by atoms with van der Waals surface area (Å²) in [4.78, 5) is 28.7. The van der Waals surface area contributed by atoms with Crippen LogP contribution in [0.1, 0.15) is 16.7 Å². The molecule has 0 bridgehead atoms. The first kappa shape index (κ1) is 32.0. The zero-order valence-corrected chi connectivity index (χ0v) is 25.8. The fourth-order valence-electron chi connectivity index (χ4n) is 4.56. The number of carbonyl (C=O) groups is 2. The maximum atomic E-state index is 15.1. The summed E-state index contributed by atoms with van der Waals surface area (Å²) >= 11 is 12.4. The minimum Gasteiger partial charge on any atom is -0.357 e. The number of likely N-dealkylation sites (N-methyl/N-ethyl adjacent to an activating group) is 1. The van der Waals surface area contributed by atoms with Crippen LogP contribution in [-0.2, 0) is 32.6 Å². The van der Waals surface area contributed by atoms with E-state index in [0.717, 1.165) is 21.5 Å².